The van der Waals surface area contributed by atoms with Crippen molar-refractivity contribution in [3.05, 3.63) is 27.8 Å². The fourth-order valence-electron chi connectivity index (χ4n) is 1.64. The third-order valence-corrected chi connectivity index (χ3v) is 3.59. The topological polar surface area (TPSA) is 88.2 Å². The zero-order chi connectivity index (χ0) is 16.9. The molecule has 0 atom stereocenters. The minimum absolute atomic E-state index is 0. The Labute approximate surface area is 157 Å². The molecule has 2 N–H and O–H groups in total. The van der Waals surface area contributed by atoms with Crippen LogP contribution in [-0.4, -0.2) is 34.7 Å². The van der Waals surface area contributed by atoms with E-state index in [9.17, 15) is 13.2 Å². The van der Waals surface area contributed by atoms with Crippen LogP contribution in [0.3, 0.4) is 0 Å². The number of aliphatic imine (C=N–C) groups is 1. The summed E-state index contributed by atoms with van der Waals surface area (Å²) in [5.41, 5.74) is -0.854. The van der Waals surface area contributed by atoms with Crippen LogP contribution in [0.25, 0.3) is 0 Å². The maximum atomic E-state index is 12.4. The molecular formula is C12H16F3IN6OS. The number of hydrogen-bond donors (Lipinski definition) is 2. The number of hydrogen-bond acceptors (Lipinski definition) is 6. The van der Waals surface area contributed by atoms with Gasteiger partial charge in [0.15, 0.2) is 17.5 Å². The van der Waals surface area contributed by atoms with E-state index >= 15 is 0 Å². The van der Waals surface area contributed by atoms with E-state index in [2.05, 4.69) is 30.8 Å². The van der Waals surface area contributed by atoms with Crippen LogP contribution in [0.5, 0.6) is 0 Å². The first-order valence-electron chi connectivity index (χ1n) is 6.64. The molecule has 0 unspecified atom stereocenters. The largest absolute Gasteiger partial charge is 0.434 e. The van der Waals surface area contributed by atoms with E-state index in [1.165, 1.54) is 0 Å². The monoisotopic (exact) mass is 476 g/mol. The molecule has 0 amide bonds. The van der Waals surface area contributed by atoms with Crippen LogP contribution in [0.4, 0.5) is 13.2 Å². The molecular weight excluding hydrogens is 460 g/mol. The lowest BCUT2D eigenvalue weighted by Crippen LogP contribution is -2.38. The Hall–Kier alpha value is -1.44. The highest BCUT2D eigenvalue weighted by Gasteiger charge is 2.33. The van der Waals surface area contributed by atoms with Crippen LogP contribution < -0.4 is 10.6 Å². The predicted molar refractivity (Wildman–Crippen MR) is 93.5 cm³/mol. The van der Waals surface area contributed by atoms with Crippen molar-refractivity contribution in [2.75, 3.05) is 13.6 Å². The Morgan fingerprint density at radius 2 is 2.08 bits per heavy atom. The second-order valence-electron chi connectivity index (χ2n) is 4.46. The molecule has 0 aromatic carbocycles. The van der Waals surface area contributed by atoms with E-state index < -0.39 is 11.9 Å². The van der Waals surface area contributed by atoms with Gasteiger partial charge in [0.05, 0.1) is 11.6 Å². The SMILES string of the molecule is CN=C(NCCc1nc(C(F)(F)F)cs1)NCc1noc(C)n1.I. The van der Waals surface area contributed by atoms with Gasteiger partial charge in [-0.2, -0.15) is 18.2 Å². The van der Waals surface area contributed by atoms with Crippen LogP contribution in [-0.2, 0) is 19.1 Å². The maximum absolute atomic E-state index is 12.4. The molecule has 0 aliphatic rings. The Bertz CT molecular complexity index is 672. The van der Waals surface area contributed by atoms with Crippen molar-refractivity contribution in [3.8, 4) is 0 Å². The highest BCUT2D eigenvalue weighted by Crippen LogP contribution is 2.29. The number of aryl methyl sites for hydroxylation is 1. The molecule has 2 aromatic rings. The fraction of sp³-hybridized carbons (Fsp3) is 0.500. The lowest BCUT2D eigenvalue weighted by atomic mass is 10.4. The number of rotatable bonds is 5. The Kier molecular flexibility index (Phi) is 7.86. The minimum atomic E-state index is -4.40. The highest BCUT2D eigenvalue weighted by molar-refractivity contribution is 14.0. The van der Waals surface area contributed by atoms with Gasteiger partial charge in [0.2, 0.25) is 5.89 Å². The average Bonchev–Trinajstić information content (AvgIpc) is 3.11. The maximum Gasteiger partial charge on any atom is 0.434 e. The molecule has 0 radical (unpaired) electrons. The first-order chi connectivity index (χ1) is 10.9. The van der Waals surface area contributed by atoms with Gasteiger partial charge in [0.25, 0.3) is 0 Å². The Morgan fingerprint density at radius 1 is 1.33 bits per heavy atom. The third-order valence-electron chi connectivity index (χ3n) is 2.68. The summed E-state index contributed by atoms with van der Waals surface area (Å²) >= 11 is 0.985. The summed E-state index contributed by atoms with van der Waals surface area (Å²) in [6.45, 7) is 2.41. The van der Waals surface area contributed by atoms with Crippen LogP contribution in [0.1, 0.15) is 22.4 Å². The molecule has 7 nitrogen and oxygen atoms in total. The van der Waals surface area contributed by atoms with Crippen LogP contribution in [0, 0.1) is 6.92 Å². The standard InChI is InChI=1S/C12H15F3N6OS.HI/c1-7-19-9(21-22-7)5-18-11(16-2)17-4-3-10-20-8(6-23-10)12(13,14)15;/h6H,3-5H2,1-2H3,(H2,16,17,18);1H. The van der Waals surface area contributed by atoms with Gasteiger partial charge in [0.1, 0.15) is 0 Å². The quantitative estimate of drug-likeness (QED) is 0.392. The van der Waals surface area contributed by atoms with Crippen molar-refractivity contribution in [3.63, 3.8) is 0 Å². The molecule has 2 aromatic heterocycles. The zero-order valence-corrected chi connectivity index (χ0v) is 16.0. The van der Waals surface area contributed by atoms with Crippen molar-refractivity contribution in [2.24, 2.45) is 4.99 Å². The number of alkyl halides is 3. The second-order valence-corrected chi connectivity index (χ2v) is 5.40. The number of nitrogens with zero attached hydrogens (tertiary/aromatic N) is 4. The first kappa shape index (κ1) is 20.6. The number of halogens is 4. The molecule has 0 aliphatic heterocycles. The van der Waals surface area contributed by atoms with E-state index in [4.69, 9.17) is 4.52 Å². The van der Waals surface area contributed by atoms with Crippen LogP contribution in [0.15, 0.2) is 14.9 Å². The number of aromatic nitrogens is 3. The molecule has 0 saturated carbocycles. The van der Waals surface area contributed by atoms with E-state index in [1.54, 1.807) is 14.0 Å². The van der Waals surface area contributed by atoms with Gasteiger partial charge in [-0.05, 0) is 0 Å². The average molecular weight is 476 g/mol. The number of nitrogens with one attached hydrogen (secondary N) is 2. The summed E-state index contributed by atoms with van der Waals surface area (Å²) in [6, 6.07) is 0. The summed E-state index contributed by atoms with van der Waals surface area (Å²) in [7, 11) is 1.59. The van der Waals surface area contributed by atoms with Gasteiger partial charge in [-0.15, -0.1) is 35.3 Å². The molecule has 2 heterocycles. The molecule has 134 valence electrons. The predicted octanol–water partition coefficient (Wildman–Crippen LogP) is 2.38. The van der Waals surface area contributed by atoms with E-state index in [1.807, 2.05) is 0 Å². The van der Waals surface area contributed by atoms with E-state index in [0.29, 0.717) is 42.2 Å². The Balaban J connectivity index is 0.00000288. The van der Waals surface area contributed by atoms with Gasteiger partial charge < -0.3 is 15.2 Å². The van der Waals surface area contributed by atoms with Gasteiger partial charge >= 0.3 is 6.18 Å². The second kappa shape index (κ2) is 9.15. The summed E-state index contributed by atoms with van der Waals surface area (Å²) in [4.78, 5) is 11.6. The minimum Gasteiger partial charge on any atom is -0.356 e. The van der Waals surface area contributed by atoms with Crippen molar-refractivity contribution in [2.45, 2.75) is 26.1 Å². The van der Waals surface area contributed by atoms with Crippen molar-refractivity contribution in [1.82, 2.24) is 25.8 Å². The smallest absolute Gasteiger partial charge is 0.356 e. The van der Waals surface area contributed by atoms with Gasteiger partial charge in [-0.3, -0.25) is 4.99 Å². The van der Waals surface area contributed by atoms with Crippen molar-refractivity contribution >= 4 is 41.3 Å². The summed E-state index contributed by atoms with van der Waals surface area (Å²) in [5, 5.41) is 11.1. The Morgan fingerprint density at radius 3 is 2.62 bits per heavy atom. The highest BCUT2D eigenvalue weighted by atomic mass is 127. The lowest BCUT2D eigenvalue weighted by molar-refractivity contribution is -0.140. The normalized spacial score (nSPS) is 12.0. The fourth-order valence-corrected chi connectivity index (χ4v) is 2.45. The number of thiazole rings is 1. The molecule has 0 fully saturated rings. The molecule has 0 saturated heterocycles. The summed E-state index contributed by atoms with van der Waals surface area (Å²) in [6.07, 6.45) is -4.04. The molecule has 12 heteroatoms. The van der Waals surface area contributed by atoms with E-state index in [-0.39, 0.29) is 24.0 Å². The van der Waals surface area contributed by atoms with Crippen LogP contribution in [0.2, 0.25) is 0 Å². The van der Waals surface area contributed by atoms with Gasteiger partial charge in [0, 0.05) is 32.3 Å². The zero-order valence-electron chi connectivity index (χ0n) is 12.8. The third kappa shape index (κ3) is 6.22. The lowest BCUT2D eigenvalue weighted by Gasteiger charge is -2.09. The van der Waals surface area contributed by atoms with Gasteiger partial charge in [-0.1, -0.05) is 5.16 Å². The molecule has 24 heavy (non-hydrogen) atoms. The molecule has 2 rings (SSSR count). The van der Waals surface area contributed by atoms with Crippen LogP contribution >= 0.6 is 35.3 Å². The number of guanidine groups is 1. The van der Waals surface area contributed by atoms with Crippen molar-refractivity contribution < 1.29 is 17.7 Å². The summed E-state index contributed by atoms with van der Waals surface area (Å²) < 4.78 is 42.2. The molecule has 0 spiro atoms. The summed E-state index contributed by atoms with van der Waals surface area (Å²) in [5.74, 6) is 1.44. The van der Waals surface area contributed by atoms with E-state index in [0.717, 1.165) is 16.7 Å². The molecule has 0 aliphatic carbocycles. The molecule has 0 bridgehead atoms. The first-order valence-corrected chi connectivity index (χ1v) is 7.51. The van der Waals surface area contributed by atoms with Gasteiger partial charge in [-0.25, -0.2) is 4.98 Å². The van der Waals surface area contributed by atoms with Crippen molar-refractivity contribution in [1.29, 1.82) is 0 Å².